The summed E-state index contributed by atoms with van der Waals surface area (Å²) in [4.78, 5) is 144. The molecule has 0 bridgehead atoms. The predicted molar refractivity (Wildman–Crippen MR) is 357 cm³/mol. The first kappa shape index (κ1) is 68.8. The van der Waals surface area contributed by atoms with Crippen molar-refractivity contribution in [3.63, 3.8) is 0 Å². The van der Waals surface area contributed by atoms with E-state index < -0.39 is 77.1 Å². The molecule has 11 rings (SSSR count). The fourth-order valence-corrected chi connectivity index (χ4v) is 13.3. The monoisotopic (exact) mass is 1340 g/mol. The number of amides is 11. The number of primary amides is 1. The smallest absolute Gasteiger partial charge is 0.416 e. The zero-order valence-corrected chi connectivity index (χ0v) is 55.1. The van der Waals surface area contributed by atoms with Gasteiger partial charge in [-0.2, -0.15) is 0 Å². The van der Waals surface area contributed by atoms with E-state index >= 15 is 0 Å². The zero-order valence-electron chi connectivity index (χ0n) is 55.1. The summed E-state index contributed by atoms with van der Waals surface area (Å²) in [6.07, 6.45) is 4.95. The molecule has 516 valence electrons. The van der Waals surface area contributed by atoms with Crippen LogP contribution in [-0.2, 0) is 62.7 Å². The number of imide groups is 2. The molecule has 6 aliphatic heterocycles. The molecule has 29 heteroatoms. The van der Waals surface area contributed by atoms with E-state index in [0.29, 0.717) is 78.5 Å². The number of benzene rings is 3. The van der Waals surface area contributed by atoms with Crippen LogP contribution in [0, 0.1) is 12.8 Å². The number of nitrogens with one attached hydrogen (secondary N) is 5. The molecule has 0 radical (unpaired) electrons. The lowest BCUT2D eigenvalue weighted by atomic mass is 9.89. The highest BCUT2D eigenvalue weighted by Crippen LogP contribution is 2.48. The second kappa shape index (κ2) is 30.3. The number of piperazine rings is 1. The largest absolute Gasteiger partial charge is 0.507 e. The molecule has 0 aliphatic carbocycles. The van der Waals surface area contributed by atoms with Crippen LogP contribution in [0.1, 0.15) is 98.3 Å². The topological polar surface area (TPSA) is 363 Å². The average Bonchev–Trinajstić information content (AvgIpc) is 1.47. The van der Waals surface area contributed by atoms with Crippen LogP contribution in [0.25, 0.3) is 11.3 Å². The molecule has 0 unspecified atom stereocenters. The van der Waals surface area contributed by atoms with Crippen LogP contribution in [-0.4, -0.2) is 190 Å². The number of ether oxygens (including phenoxy) is 3. The van der Waals surface area contributed by atoms with Gasteiger partial charge in [-0.15, -0.1) is 10.2 Å². The number of urea groups is 1. The molecule has 29 nitrogen and oxygen atoms in total. The first-order valence-corrected chi connectivity index (χ1v) is 33.0. The number of pyridine rings is 1. The summed E-state index contributed by atoms with van der Waals surface area (Å²) in [5.41, 5.74) is 11.3. The Hall–Kier alpha value is -10.6. The Morgan fingerprint density at radius 1 is 0.867 bits per heavy atom. The molecule has 5 atom stereocenters. The Labute approximate surface area is 565 Å². The highest BCUT2D eigenvalue weighted by molar-refractivity contribution is 6.13. The number of carbonyl (C=O) groups is 10. The molecule has 3 fully saturated rings. The molecule has 11 amide bonds. The number of phenols is 1. The number of aryl methyl sites for hydroxylation is 1. The number of hydrogen-bond donors (Lipinski definition) is 7. The zero-order chi connectivity index (χ0) is 69.4. The van der Waals surface area contributed by atoms with Crippen molar-refractivity contribution >= 4 is 82.3 Å². The molecule has 5 aromatic rings. The van der Waals surface area contributed by atoms with Crippen LogP contribution in [0.3, 0.4) is 0 Å². The van der Waals surface area contributed by atoms with Crippen LogP contribution in [0.5, 0.6) is 11.6 Å². The van der Waals surface area contributed by atoms with E-state index in [9.17, 15) is 53.1 Å². The number of aromatic nitrogens is 3. The minimum absolute atomic E-state index is 0.0110. The number of nitrogens with zero attached hydrogens (tertiary/aromatic N) is 9. The number of rotatable bonds is 26. The molecule has 3 aromatic carbocycles. The molecule has 2 aromatic heterocycles. The van der Waals surface area contributed by atoms with Crippen molar-refractivity contribution in [2.75, 3.05) is 85.6 Å². The molecule has 3 saturated heterocycles. The van der Waals surface area contributed by atoms with Crippen molar-refractivity contribution in [2.45, 2.75) is 122 Å². The lowest BCUT2D eigenvalue weighted by Crippen LogP contribution is -2.57. The normalized spacial score (nSPS) is 19.6. The van der Waals surface area contributed by atoms with Gasteiger partial charge in [0.05, 0.1) is 49.8 Å². The minimum Gasteiger partial charge on any atom is -0.507 e. The highest BCUT2D eigenvalue weighted by atomic mass is 16.6. The number of para-hydroxylation sites is 1. The average molecular weight is 1340 g/mol. The number of nitrogens with two attached hydrogens (primary N) is 1. The van der Waals surface area contributed by atoms with Gasteiger partial charge in [-0.25, -0.2) is 14.6 Å². The first-order chi connectivity index (χ1) is 47.1. The van der Waals surface area contributed by atoms with Gasteiger partial charge in [-0.1, -0.05) is 51.1 Å². The summed E-state index contributed by atoms with van der Waals surface area (Å²) in [6, 6.07) is 19.6. The van der Waals surface area contributed by atoms with Gasteiger partial charge in [-0.05, 0) is 104 Å². The van der Waals surface area contributed by atoms with Gasteiger partial charge in [0, 0.05) is 111 Å². The van der Waals surface area contributed by atoms with Crippen molar-refractivity contribution in [1.29, 1.82) is 0 Å². The van der Waals surface area contributed by atoms with E-state index in [1.54, 1.807) is 67.3 Å². The first-order valence-electron chi connectivity index (χ1n) is 33.0. The third kappa shape index (κ3) is 15.8. The maximum absolute atomic E-state index is 14.5. The second-order valence-corrected chi connectivity index (χ2v) is 25.7. The van der Waals surface area contributed by atoms with Gasteiger partial charge in [0.25, 0.3) is 17.7 Å². The Balaban J connectivity index is 0.699. The molecule has 0 spiro atoms. The maximum Gasteiger partial charge on any atom is 0.416 e. The summed E-state index contributed by atoms with van der Waals surface area (Å²) < 4.78 is 18.3. The van der Waals surface area contributed by atoms with Crippen LogP contribution in [0.15, 0.2) is 97.2 Å². The lowest BCUT2D eigenvalue weighted by molar-refractivity contribution is -0.139. The minimum atomic E-state index is -1.12. The quantitative estimate of drug-likeness (QED) is 0.0304. The number of aromatic hydroxyl groups is 1. The van der Waals surface area contributed by atoms with Crippen molar-refractivity contribution in [1.82, 2.24) is 51.1 Å². The van der Waals surface area contributed by atoms with E-state index in [-0.39, 0.29) is 94.6 Å². The van der Waals surface area contributed by atoms with Crippen LogP contribution in [0.2, 0.25) is 0 Å². The van der Waals surface area contributed by atoms with Crippen molar-refractivity contribution in [3.05, 3.63) is 125 Å². The van der Waals surface area contributed by atoms with E-state index in [1.165, 1.54) is 17.1 Å². The van der Waals surface area contributed by atoms with Crippen molar-refractivity contribution in [2.24, 2.45) is 11.7 Å². The number of carbonyl (C=O) groups excluding carboxylic acids is 10. The predicted octanol–water partition coefficient (Wildman–Crippen LogP) is 3.94. The number of fused-ring (bicyclic) bond motifs is 4. The van der Waals surface area contributed by atoms with E-state index in [4.69, 9.17) is 24.9 Å². The Bertz CT molecular complexity index is 3920. The van der Waals surface area contributed by atoms with Gasteiger partial charge in [0.1, 0.15) is 36.6 Å². The van der Waals surface area contributed by atoms with Gasteiger partial charge < -0.3 is 61.0 Å². The summed E-state index contributed by atoms with van der Waals surface area (Å²) >= 11 is 0. The highest BCUT2D eigenvalue weighted by Gasteiger charge is 2.53. The molecule has 8 N–H and O–H groups in total. The molecule has 8 heterocycles. The lowest BCUT2D eigenvalue weighted by Gasteiger charge is -2.46. The maximum atomic E-state index is 14.5. The molecule has 98 heavy (non-hydrogen) atoms. The number of piperidine rings is 1. The van der Waals surface area contributed by atoms with Gasteiger partial charge in [0.15, 0.2) is 5.82 Å². The second-order valence-electron chi connectivity index (χ2n) is 25.7. The van der Waals surface area contributed by atoms with Crippen molar-refractivity contribution in [3.8, 4) is 22.9 Å². The Morgan fingerprint density at radius 3 is 2.35 bits per heavy atom. The van der Waals surface area contributed by atoms with Gasteiger partial charge in [0.2, 0.25) is 35.4 Å². The number of hydrogen-bond acceptors (Lipinski definition) is 20. The molecule has 0 saturated carbocycles. The van der Waals surface area contributed by atoms with Crippen LogP contribution < -0.4 is 51.8 Å². The fraction of sp³-hybridized carbons (Fsp3) is 0.435. The fourth-order valence-electron chi connectivity index (χ4n) is 13.3. The molecular formula is C69H81N15O14. The van der Waals surface area contributed by atoms with Crippen molar-refractivity contribution < 1.29 is 67.3 Å². The summed E-state index contributed by atoms with van der Waals surface area (Å²) in [6.45, 7) is 12.1. The van der Waals surface area contributed by atoms with Gasteiger partial charge >= 0.3 is 12.1 Å². The number of phenolic OH excluding ortho intramolecular Hbond substituents is 1. The van der Waals surface area contributed by atoms with E-state index in [1.807, 2.05) is 37.4 Å². The SMILES string of the molecule is CC[C@@]12C[C@@H](Oc3ncc(CN4CCN(c5ccc6c(c5)C(=O)N([C@H]5CCC(=O)NC5=O)C6)CC4)cc3C)CN1c1cc(-c3ccccc3O)nnc1N(C(=O)OCc1ccc(NC(=O)[C@H](CCCNC(N)=O)NC(=O)[C@@H](NC(=O)CCOCCN3C(=O)C=CC3=O)C(C)C)cc1)C2. The summed E-state index contributed by atoms with van der Waals surface area (Å²) in [5, 5.41) is 33.2. The summed E-state index contributed by atoms with van der Waals surface area (Å²) in [5.74, 6) is -3.19. The standard InChI is InChI=1S/C69H81N15O14/c1-5-69-34-48(98-65-42(4)31-44(35-72-65)36-79-24-26-80(27-25-79)47-17-14-45-37-82(66(93)50(45)32-47)53-18-19-56(86)76-63(53)91)38-84(69)54-33-52(49-9-6-7-11-55(49)85)77-78-61(54)83(40-69)68(95)97-39-43-12-15-46(16-13-43)73-62(90)51(10-8-23-71-67(70)94)74-64(92)60(41(2)3)75-57(87)22-29-96-30-28-81-58(88)20-21-59(81)89/h6-7,9,11-17,20-21,31-33,35,41,48,51,53,60,85H,5,8,10,18-19,22-30,34,36-40H2,1-4H3,(H,73,90)(H,74,92)(H,75,87)(H3,70,71,94)(H,76,86,91)/t48-,51+,53+,60+,69+/m1/s1. The molecule has 6 aliphatic rings. The summed E-state index contributed by atoms with van der Waals surface area (Å²) in [7, 11) is 0. The third-order valence-electron chi connectivity index (χ3n) is 18.7. The third-order valence-corrected chi connectivity index (χ3v) is 18.7. The van der Waals surface area contributed by atoms with E-state index in [2.05, 4.69) is 64.5 Å². The Morgan fingerprint density at radius 2 is 1.63 bits per heavy atom. The number of anilines is 4. The molecular weight excluding hydrogens is 1260 g/mol. The van der Waals surface area contributed by atoms with Crippen LogP contribution in [0.4, 0.5) is 32.5 Å². The van der Waals surface area contributed by atoms with Crippen LogP contribution >= 0.6 is 0 Å². The van der Waals surface area contributed by atoms with Gasteiger partial charge in [-0.3, -0.25) is 58.4 Å². The van der Waals surface area contributed by atoms with E-state index in [0.717, 1.165) is 53.5 Å². The Kier molecular flexibility index (Phi) is 21.2.